The van der Waals surface area contributed by atoms with Gasteiger partial charge in [0.25, 0.3) is 0 Å². The zero-order chi connectivity index (χ0) is 30.3. The average molecular weight is 573 g/mol. The van der Waals surface area contributed by atoms with E-state index in [9.17, 15) is 9.59 Å². The Morgan fingerprint density at radius 1 is 0.884 bits per heavy atom. The number of esters is 2. The minimum absolute atomic E-state index is 0.0873. The second-order valence-corrected chi connectivity index (χ2v) is 10.0. The Balaban J connectivity index is 1.34. The third kappa shape index (κ3) is 6.60. The van der Waals surface area contributed by atoms with E-state index in [1.54, 1.807) is 24.3 Å². The minimum Gasteiger partial charge on any atom is -0.490 e. The van der Waals surface area contributed by atoms with Crippen LogP contribution in [0.5, 0.6) is 11.5 Å². The minimum atomic E-state index is -0.671. The molecule has 6 nitrogen and oxygen atoms in total. The first kappa shape index (κ1) is 29.1. The molecule has 1 aliphatic rings. The number of fused-ring (bicyclic) bond motifs is 3. The molecule has 0 aliphatic carbocycles. The molecule has 0 aromatic heterocycles. The highest BCUT2D eigenvalue weighted by molar-refractivity contribution is 6.00. The Morgan fingerprint density at radius 3 is 2.26 bits per heavy atom. The molecule has 216 valence electrons. The van der Waals surface area contributed by atoms with Crippen LogP contribution in [-0.4, -0.2) is 31.3 Å². The first-order valence-corrected chi connectivity index (χ1v) is 13.9. The van der Waals surface area contributed by atoms with E-state index in [0.717, 1.165) is 44.7 Å². The maximum absolute atomic E-state index is 13.1. The Labute approximate surface area is 251 Å². The molecule has 4 aromatic carbocycles. The van der Waals surface area contributed by atoms with E-state index < -0.39 is 18.0 Å². The largest absolute Gasteiger partial charge is 0.490 e. The molecule has 6 heteroatoms. The Kier molecular flexibility index (Phi) is 8.87. The smallest absolute Gasteiger partial charge is 0.338 e. The summed E-state index contributed by atoms with van der Waals surface area (Å²) in [7, 11) is 0. The van der Waals surface area contributed by atoms with Crippen molar-refractivity contribution in [2.24, 2.45) is 0 Å². The van der Waals surface area contributed by atoms with Crippen LogP contribution in [0.3, 0.4) is 0 Å². The van der Waals surface area contributed by atoms with Crippen LogP contribution < -0.4 is 9.47 Å². The molecule has 0 fully saturated rings. The van der Waals surface area contributed by atoms with Crippen molar-refractivity contribution in [3.63, 3.8) is 0 Å². The molecule has 0 N–H and O–H groups in total. The number of hydrogen-bond acceptors (Lipinski definition) is 6. The van der Waals surface area contributed by atoms with Gasteiger partial charge in [0.2, 0.25) is 0 Å². The lowest BCUT2D eigenvalue weighted by Crippen LogP contribution is -2.29. The van der Waals surface area contributed by atoms with E-state index in [4.69, 9.17) is 18.9 Å². The standard InChI is InChI=1S/C37H32O6/c1-5-9-24(3)35-25(4)40-22-31(23-41-33-21-18-28-10-7-8-11-32(28)36(33)35)43-37(39)29-14-12-26(13-15-29)27-16-19-30(20-17-27)42-34(38)6-2/h5-21,31H,2,4,22-23H2,1,3H3/b9-5-,35-24-. The number of hydrogen-bond donors (Lipinski definition) is 0. The summed E-state index contributed by atoms with van der Waals surface area (Å²) in [6.45, 7) is 11.8. The lowest BCUT2D eigenvalue weighted by molar-refractivity contribution is -0.128. The highest BCUT2D eigenvalue weighted by atomic mass is 16.6. The first-order valence-electron chi connectivity index (χ1n) is 13.9. The molecule has 0 saturated heterocycles. The van der Waals surface area contributed by atoms with Gasteiger partial charge >= 0.3 is 11.9 Å². The van der Waals surface area contributed by atoms with Gasteiger partial charge in [0.15, 0.2) is 6.10 Å². The Bertz CT molecular complexity index is 1740. The molecule has 1 unspecified atom stereocenters. The molecule has 1 aliphatic heterocycles. The van der Waals surface area contributed by atoms with Crippen molar-refractivity contribution >= 4 is 28.3 Å². The summed E-state index contributed by atoms with van der Waals surface area (Å²) in [5, 5.41) is 2.09. The van der Waals surface area contributed by atoms with Crippen LogP contribution in [0.4, 0.5) is 0 Å². The van der Waals surface area contributed by atoms with Gasteiger partial charge in [-0.1, -0.05) is 79.9 Å². The van der Waals surface area contributed by atoms with Gasteiger partial charge in [-0.05, 0) is 71.7 Å². The fourth-order valence-corrected chi connectivity index (χ4v) is 4.98. The van der Waals surface area contributed by atoms with E-state index in [1.165, 1.54) is 0 Å². The molecule has 0 saturated carbocycles. The van der Waals surface area contributed by atoms with Crippen LogP contribution in [0, 0.1) is 0 Å². The summed E-state index contributed by atoms with van der Waals surface area (Å²) < 4.78 is 23.4. The van der Waals surface area contributed by atoms with Gasteiger partial charge in [0.05, 0.1) is 5.56 Å². The maximum atomic E-state index is 13.1. The quantitative estimate of drug-likeness (QED) is 0.132. The average Bonchev–Trinajstić information content (AvgIpc) is 3.09. The van der Waals surface area contributed by atoms with Crippen LogP contribution in [0.2, 0.25) is 0 Å². The molecule has 5 rings (SSSR count). The van der Waals surface area contributed by atoms with E-state index in [1.807, 2.05) is 74.5 Å². The van der Waals surface area contributed by atoms with Gasteiger partial charge in [-0.15, -0.1) is 0 Å². The van der Waals surface area contributed by atoms with Crippen LogP contribution >= 0.6 is 0 Å². The highest BCUT2D eigenvalue weighted by Gasteiger charge is 2.25. The van der Waals surface area contributed by atoms with Gasteiger partial charge in [-0.3, -0.25) is 0 Å². The zero-order valence-corrected chi connectivity index (χ0v) is 24.2. The number of benzene rings is 4. The predicted octanol–water partition coefficient (Wildman–Crippen LogP) is 8.10. The van der Waals surface area contributed by atoms with Crippen molar-refractivity contribution in [3.8, 4) is 22.6 Å². The normalized spacial score (nSPS) is 16.1. The molecule has 0 bridgehead atoms. The molecule has 43 heavy (non-hydrogen) atoms. The lowest BCUT2D eigenvalue weighted by atomic mass is 9.92. The SMILES string of the molecule is C=CC(=O)Oc1ccc(-c2ccc(C(=O)OC3COC(=C)/C(=C(C)/C=C\C)c4c(ccc5ccccc45)OC3)cc2)cc1. The molecule has 1 atom stereocenters. The Hall–Kier alpha value is -5.36. The number of ether oxygens (including phenoxy) is 4. The van der Waals surface area contributed by atoms with Crippen LogP contribution in [0.15, 0.2) is 128 Å². The molecule has 0 amide bonds. The van der Waals surface area contributed by atoms with Gasteiger partial charge in [-0.25, -0.2) is 9.59 Å². The number of rotatable bonds is 6. The van der Waals surface area contributed by atoms with Gasteiger partial charge < -0.3 is 18.9 Å². The van der Waals surface area contributed by atoms with Crippen molar-refractivity contribution in [3.05, 3.63) is 139 Å². The summed E-state index contributed by atoms with van der Waals surface area (Å²) >= 11 is 0. The van der Waals surface area contributed by atoms with Gasteiger partial charge in [0, 0.05) is 17.2 Å². The third-order valence-electron chi connectivity index (χ3n) is 7.07. The highest BCUT2D eigenvalue weighted by Crippen LogP contribution is 2.40. The molecule has 4 aromatic rings. The van der Waals surface area contributed by atoms with E-state index in [-0.39, 0.29) is 13.2 Å². The van der Waals surface area contributed by atoms with Crippen LogP contribution in [0.1, 0.15) is 29.8 Å². The first-order chi connectivity index (χ1) is 20.9. The van der Waals surface area contributed by atoms with Gasteiger partial charge in [0.1, 0.15) is 30.5 Å². The van der Waals surface area contributed by atoms with Gasteiger partial charge in [-0.2, -0.15) is 0 Å². The summed E-state index contributed by atoms with van der Waals surface area (Å²) in [6, 6.07) is 26.2. The summed E-state index contributed by atoms with van der Waals surface area (Å²) in [5.74, 6) is 0.564. The fraction of sp³-hybridized carbons (Fsp3) is 0.135. The van der Waals surface area contributed by atoms with Crippen LogP contribution in [0.25, 0.3) is 27.5 Å². The zero-order valence-electron chi connectivity index (χ0n) is 24.2. The van der Waals surface area contributed by atoms with Crippen molar-refractivity contribution in [2.75, 3.05) is 13.2 Å². The summed E-state index contributed by atoms with van der Waals surface area (Å²) in [4.78, 5) is 24.6. The fourth-order valence-electron chi connectivity index (χ4n) is 4.98. The Morgan fingerprint density at radius 2 is 1.56 bits per heavy atom. The number of allylic oxidation sites excluding steroid dienone is 4. The van der Waals surface area contributed by atoms with Crippen molar-refractivity contribution in [1.29, 1.82) is 0 Å². The maximum Gasteiger partial charge on any atom is 0.338 e. The van der Waals surface area contributed by atoms with Crippen molar-refractivity contribution in [1.82, 2.24) is 0 Å². The van der Waals surface area contributed by atoms with E-state index in [0.29, 0.717) is 22.8 Å². The van der Waals surface area contributed by atoms with Crippen LogP contribution in [-0.2, 0) is 14.3 Å². The number of carbonyl (C=O) groups excluding carboxylic acids is 2. The third-order valence-corrected chi connectivity index (χ3v) is 7.07. The lowest BCUT2D eigenvalue weighted by Gasteiger charge is -2.18. The van der Waals surface area contributed by atoms with Crippen molar-refractivity contribution < 1.29 is 28.5 Å². The summed E-state index contributed by atoms with van der Waals surface area (Å²) in [5.41, 5.74) is 4.92. The second kappa shape index (κ2) is 13.1. The molecular formula is C37H32O6. The number of carbonyl (C=O) groups is 2. The summed E-state index contributed by atoms with van der Waals surface area (Å²) in [6.07, 6.45) is 4.43. The predicted molar refractivity (Wildman–Crippen MR) is 169 cm³/mol. The van der Waals surface area contributed by atoms with E-state index in [2.05, 4.69) is 25.3 Å². The molecule has 1 heterocycles. The molecular weight excluding hydrogens is 540 g/mol. The van der Waals surface area contributed by atoms with Crippen molar-refractivity contribution in [2.45, 2.75) is 20.0 Å². The molecule has 0 spiro atoms. The topological polar surface area (TPSA) is 71.1 Å². The monoisotopic (exact) mass is 572 g/mol. The van der Waals surface area contributed by atoms with E-state index >= 15 is 0 Å². The second-order valence-electron chi connectivity index (χ2n) is 10.0. The molecule has 0 radical (unpaired) electrons.